The highest BCUT2D eigenvalue weighted by Crippen LogP contribution is 2.10. The lowest BCUT2D eigenvalue weighted by Gasteiger charge is -2.25. The van der Waals surface area contributed by atoms with Gasteiger partial charge in [-0.15, -0.1) is 0 Å². The molecule has 0 aromatic carbocycles. The lowest BCUT2D eigenvalue weighted by Crippen LogP contribution is -2.31. The summed E-state index contributed by atoms with van der Waals surface area (Å²) in [7, 11) is 0. The van der Waals surface area contributed by atoms with E-state index in [9.17, 15) is 0 Å². The highest BCUT2D eigenvalue weighted by molar-refractivity contribution is 5.40. The Bertz CT molecular complexity index is 542. The van der Waals surface area contributed by atoms with Gasteiger partial charge < -0.3 is 10.6 Å². The van der Waals surface area contributed by atoms with Gasteiger partial charge in [-0.05, 0) is 43.6 Å². The summed E-state index contributed by atoms with van der Waals surface area (Å²) < 4.78 is 1.84. The standard InChI is InChI=1S/C14H21N5/c15-11-12-4-9-19-14(10-12)16-13(17-19)5-8-18-6-2-1-3-7-18/h4,9-10H,1-3,5-8,11,15H2. The van der Waals surface area contributed by atoms with Crippen molar-refractivity contribution in [1.29, 1.82) is 0 Å². The molecule has 1 aliphatic rings. The molecule has 19 heavy (non-hydrogen) atoms. The van der Waals surface area contributed by atoms with Crippen LogP contribution in [0.2, 0.25) is 0 Å². The van der Waals surface area contributed by atoms with Crippen molar-refractivity contribution in [1.82, 2.24) is 19.5 Å². The summed E-state index contributed by atoms with van der Waals surface area (Å²) in [5, 5.41) is 4.51. The van der Waals surface area contributed by atoms with E-state index in [0.29, 0.717) is 6.54 Å². The number of fused-ring (bicyclic) bond motifs is 1. The highest BCUT2D eigenvalue weighted by Gasteiger charge is 2.11. The van der Waals surface area contributed by atoms with Crippen LogP contribution in [0.25, 0.3) is 5.65 Å². The number of nitrogens with two attached hydrogens (primary N) is 1. The fourth-order valence-electron chi connectivity index (χ4n) is 2.64. The first-order valence-electron chi connectivity index (χ1n) is 7.12. The van der Waals surface area contributed by atoms with Crippen molar-refractivity contribution < 1.29 is 0 Å². The molecule has 2 N–H and O–H groups in total. The van der Waals surface area contributed by atoms with E-state index < -0.39 is 0 Å². The number of nitrogens with zero attached hydrogens (tertiary/aromatic N) is 4. The zero-order chi connectivity index (χ0) is 13.1. The van der Waals surface area contributed by atoms with Gasteiger partial charge in [0.1, 0.15) is 0 Å². The molecule has 1 fully saturated rings. The molecule has 1 saturated heterocycles. The van der Waals surface area contributed by atoms with Crippen LogP contribution in [-0.2, 0) is 13.0 Å². The fraction of sp³-hybridized carbons (Fsp3) is 0.571. The van der Waals surface area contributed by atoms with Crippen LogP contribution in [0.5, 0.6) is 0 Å². The van der Waals surface area contributed by atoms with Gasteiger partial charge in [-0.1, -0.05) is 6.42 Å². The predicted molar refractivity (Wildman–Crippen MR) is 74.9 cm³/mol. The van der Waals surface area contributed by atoms with Crippen molar-refractivity contribution in [2.45, 2.75) is 32.2 Å². The quantitative estimate of drug-likeness (QED) is 0.897. The second-order valence-corrected chi connectivity index (χ2v) is 5.22. The third-order valence-electron chi connectivity index (χ3n) is 3.78. The maximum Gasteiger partial charge on any atom is 0.155 e. The van der Waals surface area contributed by atoms with Crippen molar-refractivity contribution in [3.05, 3.63) is 29.7 Å². The van der Waals surface area contributed by atoms with Gasteiger partial charge in [0.15, 0.2) is 11.5 Å². The predicted octanol–water partition coefficient (Wildman–Crippen LogP) is 1.22. The van der Waals surface area contributed by atoms with E-state index in [-0.39, 0.29) is 0 Å². The molecule has 3 rings (SSSR count). The number of rotatable bonds is 4. The van der Waals surface area contributed by atoms with Crippen LogP contribution in [0, 0.1) is 0 Å². The van der Waals surface area contributed by atoms with Crippen molar-refractivity contribution >= 4 is 5.65 Å². The van der Waals surface area contributed by atoms with E-state index in [1.807, 2.05) is 22.8 Å². The Morgan fingerprint density at radius 1 is 1.21 bits per heavy atom. The van der Waals surface area contributed by atoms with E-state index in [4.69, 9.17) is 5.73 Å². The van der Waals surface area contributed by atoms with Crippen molar-refractivity contribution in [3.63, 3.8) is 0 Å². The van der Waals surface area contributed by atoms with Crippen LogP contribution < -0.4 is 5.73 Å². The van der Waals surface area contributed by atoms with Crippen molar-refractivity contribution in [2.75, 3.05) is 19.6 Å². The van der Waals surface area contributed by atoms with Gasteiger partial charge >= 0.3 is 0 Å². The summed E-state index contributed by atoms with van der Waals surface area (Å²) in [5.74, 6) is 0.930. The second kappa shape index (κ2) is 5.67. The first-order chi connectivity index (χ1) is 9.35. The van der Waals surface area contributed by atoms with Crippen LogP contribution in [-0.4, -0.2) is 39.1 Å². The Kier molecular flexibility index (Phi) is 3.75. The summed E-state index contributed by atoms with van der Waals surface area (Å²) in [6.07, 6.45) is 6.91. The Labute approximate surface area is 113 Å². The molecule has 5 heteroatoms. The lowest BCUT2D eigenvalue weighted by atomic mass is 10.1. The molecule has 0 unspecified atom stereocenters. The molecule has 0 radical (unpaired) electrons. The smallest absolute Gasteiger partial charge is 0.155 e. The maximum atomic E-state index is 5.64. The van der Waals surface area contributed by atoms with Crippen LogP contribution in [0.4, 0.5) is 0 Å². The van der Waals surface area contributed by atoms with E-state index in [1.165, 1.54) is 32.4 Å². The van der Waals surface area contributed by atoms with Crippen LogP contribution in [0.15, 0.2) is 18.3 Å². The minimum atomic E-state index is 0.548. The number of aromatic nitrogens is 3. The normalized spacial score (nSPS) is 17.1. The number of likely N-dealkylation sites (tertiary alicyclic amines) is 1. The molecule has 0 amide bonds. The average molecular weight is 259 g/mol. The summed E-state index contributed by atoms with van der Waals surface area (Å²) in [6.45, 7) is 4.07. The summed E-state index contributed by atoms with van der Waals surface area (Å²) in [4.78, 5) is 7.09. The average Bonchev–Trinajstić information content (AvgIpc) is 2.88. The topological polar surface area (TPSA) is 59.5 Å². The van der Waals surface area contributed by atoms with Crippen molar-refractivity contribution in [2.24, 2.45) is 5.73 Å². The molecule has 0 spiro atoms. The summed E-state index contributed by atoms with van der Waals surface area (Å²) in [5.41, 5.74) is 7.64. The number of pyridine rings is 1. The van der Waals surface area contributed by atoms with Crippen molar-refractivity contribution in [3.8, 4) is 0 Å². The molecule has 1 aliphatic heterocycles. The summed E-state index contributed by atoms with van der Waals surface area (Å²) in [6, 6.07) is 4.01. The molecule has 0 saturated carbocycles. The van der Waals surface area contributed by atoms with Gasteiger partial charge in [-0.2, -0.15) is 5.10 Å². The van der Waals surface area contributed by atoms with E-state index in [1.54, 1.807) is 0 Å². The van der Waals surface area contributed by atoms with E-state index in [2.05, 4.69) is 15.0 Å². The molecule has 2 aromatic rings. The molecular formula is C14H21N5. The van der Waals surface area contributed by atoms with Gasteiger partial charge in [0.2, 0.25) is 0 Å². The first-order valence-corrected chi connectivity index (χ1v) is 7.12. The van der Waals surface area contributed by atoms with Gasteiger partial charge in [-0.25, -0.2) is 9.50 Å². The zero-order valence-electron chi connectivity index (χ0n) is 11.3. The lowest BCUT2D eigenvalue weighted by molar-refractivity contribution is 0.230. The fourth-order valence-corrected chi connectivity index (χ4v) is 2.64. The minimum absolute atomic E-state index is 0.548. The molecular weight excluding hydrogens is 238 g/mol. The molecule has 102 valence electrons. The van der Waals surface area contributed by atoms with Gasteiger partial charge in [-0.3, -0.25) is 0 Å². The monoisotopic (exact) mass is 259 g/mol. The largest absolute Gasteiger partial charge is 0.326 e. The SMILES string of the molecule is NCc1ccn2nc(CCN3CCCCC3)nc2c1. The minimum Gasteiger partial charge on any atom is -0.326 e. The third-order valence-corrected chi connectivity index (χ3v) is 3.78. The Balaban J connectivity index is 1.67. The first kappa shape index (κ1) is 12.6. The Hall–Kier alpha value is -1.46. The Morgan fingerprint density at radius 2 is 2.05 bits per heavy atom. The molecule has 0 atom stereocenters. The van der Waals surface area contributed by atoms with Gasteiger partial charge in [0.05, 0.1) is 0 Å². The molecule has 2 aromatic heterocycles. The van der Waals surface area contributed by atoms with Gasteiger partial charge in [0.25, 0.3) is 0 Å². The van der Waals surface area contributed by atoms with Gasteiger partial charge in [0, 0.05) is 25.7 Å². The summed E-state index contributed by atoms with van der Waals surface area (Å²) >= 11 is 0. The third kappa shape index (κ3) is 2.93. The number of piperidine rings is 1. The van der Waals surface area contributed by atoms with Crippen LogP contribution >= 0.6 is 0 Å². The van der Waals surface area contributed by atoms with E-state index >= 15 is 0 Å². The number of hydrogen-bond acceptors (Lipinski definition) is 4. The Morgan fingerprint density at radius 3 is 2.84 bits per heavy atom. The zero-order valence-corrected chi connectivity index (χ0v) is 11.3. The molecule has 0 bridgehead atoms. The van der Waals surface area contributed by atoms with Crippen LogP contribution in [0.3, 0.4) is 0 Å². The molecule has 0 aliphatic carbocycles. The molecule has 3 heterocycles. The number of hydrogen-bond donors (Lipinski definition) is 1. The highest BCUT2D eigenvalue weighted by atomic mass is 15.3. The second-order valence-electron chi connectivity index (χ2n) is 5.22. The van der Waals surface area contributed by atoms with E-state index in [0.717, 1.165) is 30.0 Å². The molecule has 5 nitrogen and oxygen atoms in total. The maximum absolute atomic E-state index is 5.64. The van der Waals surface area contributed by atoms with Crippen LogP contribution in [0.1, 0.15) is 30.7 Å².